The predicted octanol–water partition coefficient (Wildman–Crippen LogP) is 5.76. The minimum absolute atomic E-state index is 0.0186. The molecule has 0 aliphatic heterocycles. The molecule has 0 saturated heterocycles. The number of benzene rings is 2. The van der Waals surface area contributed by atoms with Crippen LogP contribution in [0.3, 0.4) is 0 Å². The number of fused-ring (bicyclic) bond motifs is 1. The Balaban J connectivity index is 1.55. The van der Waals surface area contributed by atoms with Crippen LogP contribution in [0.25, 0.3) is 10.9 Å². The fraction of sp³-hybridized carbons (Fsp3) is 0.174. The van der Waals surface area contributed by atoms with Crippen LogP contribution in [0.5, 0.6) is 0 Å². The fourth-order valence-corrected chi connectivity index (χ4v) is 4.50. The van der Waals surface area contributed by atoms with Gasteiger partial charge in [0.15, 0.2) is 0 Å². The number of thiophene rings is 1. The van der Waals surface area contributed by atoms with Gasteiger partial charge in [-0.1, -0.05) is 48.0 Å². The first-order valence-corrected chi connectivity index (χ1v) is 10.6. The van der Waals surface area contributed by atoms with E-state index in [4.69, 9.17) is 11.6 Å². The largest absolute Gasteiger partial charge is 0.361 e. The highest BCUT2D eigenvalue weighted by molar-refractivity contribution is 7.07. The molecule has 0 aliphatic carbocycles. The number of aromatic nitrogens is 1. The lowest BCUT2D eigenvalue weighted by Crippen LogP contribution is -2.29. The number of para-hydroxylation sites is 1. The van der Waals surface area contributed by atoms with Gasteiger partial charge in [0.1, 0.15) is 0 Å². The van der Waals surface area contributed by atoms with Gasteiger partial charge in [0.05, 0.1) is 0 Å². The van der Waals surface area contributed by atoms with Gasteiger partial charge in [-0.3, -0.25) is 4.79 Å². The number of amides is 1. The molecule has 0 spiro atoms. The van der Waals surface area contributed by atoms with Gasteiger partial charge < -0.3 is 10.3 Å². The topological polar surface area (TPSA) is 44.9 Å². The maximum Gasteiger partial charge on any atom is 0.220 e. The number of hydrogen-bond acceptors (Lipinski definition) is 2. The Morgan fingerprint density at radius 1 is 1.07 bits per heavy atom. The Morgan fingerprint density at radius 2 is 1.89 bits per heavy atom. The molecule has 0 saturated carbocycles. The first-order valence-electron chi connectivity index (χ1n) is 9.30. The third-order valence-corrected chi connectivity index (χ3v) is 6.08. The number of carbonyl (C=O) groups excluding carboxylic acids is 1. The van der Waals surface area contributed by atoms with E-state index < -0.39 is 0 Å². The van der Waals surface area contributed by atoms with Crippen molar-refractivity contribution in [3.8, 4) is 0 Å². The molecule has 3 nitrogen and oxygen atoms in total. The van der Waals surface area contributed by atoms with Crippen molar-refractivity contribution < 1.29 is 4.79 Å². The third kappa shape index (κ3) is 4.13. The van der Waals surface area contributed by atoms with Crippen LogP contribution in [0.4, 0.5) is 0 Å². The highest BCUT2D eigenvalue weighted by Crippen LogP contribution is 2.34. The molecule has 0 radical (unpaired) electrons. The molecule has 0 bridgehead atoms. The number of hydrogen-bond donors (Lipinski definition) is 2. The minimum Gasteiger partial charge on any atom is -0.361 e. The molecule has 0 aliphatic rings. The molecule has 2 aromatic heterocycles. The molecule has 142 valence electrons. The maximum atomic E-state index is 12.4. The van der Waals surface area contributed by atoms with Crippen LogP contribution in [0.1, 0.15) is 29.0 Å². The van der Waals surface area contributed by atoms with Gasteiger partial charge in [-0.2, -0.15) is 11.3 Å². The quantitative estimate of drug-likeness (QED) is 0.401. The zero-order valence-electron chi connectivity index (χ0n) is 15.3. The van der Waals surface area contributed by atoms with Crippen molar-refractivity contribution in [2.24, 2.45) is 0 Å². The molecule has 4 aromatic rings. The second kappa shape index (κ2) is 8.63. The summed E-state index contributed by atoms with van der Waals surface area (Å²) in [6, 6.07) is 18.1. The van der Waals surface area contributed by atoms with Crippen molar-refractivity contribution in [1.29, 1.82) is 0 Å². The summed E-state index contributed by atoms with van der Waals surface area (Å²) < 4.78 is 0. The number of H-pyrrole nitrogens is 1. The zero-order valence-corrected chi connectivity index (χ0v) is 16.9. The first-order chi connectivity index (χ1) is 13.7. The summed E-state index contributed by atoms with van der Waals surface area (Å²) >= 11 is 8.17. The second-order valence-corrected chi connectivity index (χ2v) is 7.99. The lowest BCUT2D eigenvalue weighted by Gasteiger charge is -2.19. The lowest BCUT2D eigenvalue weighted by atomic mass is 9.90. The lowest BCUT2D eigenvalue weighted by molar-refractivity contribution is -0.121. The van der Waals surface area contributed by atoms with E-state index in [0.717, 1.165) is 28.5 Å². The summed E-state index contributed by atoms with van der Waals surface area (Å²) in [6.07, 6.45) is 3.27. The number of nitrogens with one attached hydrogen (secondary N) is 2. The van der Waals surface area contributed by atoms with Crippen molar-refractivity contribution in [3.05, 3.63) is 93.3 Å². The fourth-order valence-electron chi connectivity index (χ4n) is 3.52. The van der Waals surface area contributed by atoms with Gasteiger partial charge in [0.2, 0.25) is 5.91 Å². The van der Waals surface area contributed by atoms with E-state index in [1.165, 1.54) is 5.56 Å². The van der Waals surface area contributed by atoms with E-state index in [0.29, 0.717) is 18.0 Å². The summed E-state index contributed by atoms with van der Waals surface area (Å²) in [4.78, 5) is 15.8. The molecule has 1 atom stereocenters. The minimum atomic E-state index is -0.0186. The molecule has 4 rings (SSSR count). The summed E-state index contributed by atoms with van der Waals surface area (Å²) in [5.74, 6) is 0.0399. The molecular formula is C23H21ClN2OS. The van der Waals surface area contributed by atoms with Gasteiger partial charge in [0.25, 0.3) is 0 Å². The van der Waals surface area contributed by atoms with E-state index in [2.05, 4.69) is 33.9 Å². The van der Waals surface area contributed by atoms with Crippen molar-refractivity contribution >= 4 is 39.7 Å². The van der Waals surface area contributed by atoms with Crippen LogP contribution >= 0.6 is 22.9 Å². The van der Waals surface area contributed by atoms with E-state index in [1.807, 2.05) is 48.0 Å². The Kier molecular flexibility index (Phi) is 5.79. The molecule has 28 heavy (non-hydrogen) atoms. The monoisotopic (exact) mass is 408 g/mol. The van der Waals surface area contributed by atoms with Crippen LogP contribution in [0.15, 0.2) is 71.6 Å². The van der Waals surface area contributed by atoms with E-state index >= 15 is 0 Å². The highest BCUT2D eigenvalue weighted by Gasteiger charge is 2.21. The Morgan fingerprint density at radius 3 is 2.71 bits per heavy atom. The summed E-state index contributed by atoms with van der Waals surface area (Å²) in [5, 5.41) is 9.11. The Hall–Kier alpha value is -2.56. The molecule has 5 heteroatoms. The van der Waals surface area contributed by atoms with Crippen molar-refractivity contribution in [1.82, 2.24) is 10.3 Å². The van der Waals surface area contributed by atoms with Crippen molar-refractivity contribution in [2.45, 2.75) is 18.8 Å². The van der Waals surface area contributed by atoms with Crippen LogP contribution in [-0.2, 0) is 11.2 Å². The van der Waals surface area contributed by atoms with E-state index in [-0.39, 0.29) is 11.8 Å². The third-order valence-electron chi connectivity index (χ3n) is 5.00. The van der Waals surface area contributed by atoms with Gasteiger partial charge in [-0.15, -0.1) is 0 Å². The number of aromatic amines is 1. The van der Waals surface area contributed by atoms with Gasteiger partial charge in [0, 0.05) is 41.0 Å². The average Bonchev–Trinajstić information content (AvgIpc) is 3.38. The maximum absolute atomic E-state index is 12.4. The van der Waals surface area contributed by atoms with Crippen LogP contribution in [0.2, 0.25) is 5.02 Å². The van der Waals surface area contributed by atoms with Crippen molar-refractivity contribution in [2.75, 3.05) is 6.54 Å². The highest BCUT2D eigenvalue weighted by atomic mass is 35.5. The van der Waals surface area contributed by atoms with Crippen LogP contribution < -0.4 is 5.32 Å². The van der Waals surface area contributed by atoms with Crippen molar-refractivity contribution in [3.63, 3.8) is 0 Å². The second-order valence-electron chi connectivity index (χ2n) is 6.80. The summed E-state index contributed by atoms with van der Waals surface area (Å²) in [6.45, 7) is 0.508. The van der Waals surface area contributed by atoms with Crippen LogP contribution in [-0.4, -0.2) is 17.4 Å². The van der Waals surface area contributed by atoms with Gasteiger partial charge in [-0.25, -0.2) is 0 Å². The number of aryl methyl sites for hydroxylation is 1. The normalized spacial score (nSPS) is 12.2. The molecule has 2 heterocycles. The van der Waals surface area contributed by atoms with E-state index in [9.17, 15) is 4.79 Å². The molecule has 2 aromatic carbocycles. The van der Waals surface area contributed by atoms with Crippen LogP contribution in [0, 0.1) is 0 Å². The van der Waals surface area contributed by atoms with Gasteiger partial charge in [-0.05, 0) is 52.1 Å². The molecule has 0 unspecified atom stereocenters. The summed E-state index contributed by atoms with van der Waals surface area (Å²) in [5.41, 5.74) is 4.45. The molecule has 0 fully saturated rings. The predicted molar refractivity (Wildman–Crippen MR) is 117 cm³/mol. The van der Waals surface area contributed by atoms with E-state index in [1.54, 1.807) is 11.3 Å². The average molecular weight is 409 g/mol. The number of carbonyl (C=O) groups is 1. The number of rotatable bonds is 7. The molecule has 2 N–H and O–H groups in total. The SMILES string of the molecule is O=C(CCc1ccsc1)NC[C@H](c1ccccc1Cl)c1c[nH]c2ccccc12. The summed E-state index contributed by atoms with van der Waals surface area (Å²) in [7, 11) is 0. The zero-order chi connectivity index (χ0) is 19.3. The first kappa shape index (κ1) is 18.8. The van der Waals surface area contributed by atoms with Gasteiger partial charge >= 0.3 is 0 Å². The standard InChI is InChI=1S/C23H21ClN2OS/c24-21-7-3-1-5-17(21)19(20-13-25-22-8-4-2-6-18(20)22)14-26-23(27)10-9-16-11-12-28-15-16/h1-8,11-13,15,19,25H,9-10,14H2,(H,26,27)/t19-/m1/s1. The Bertz CT molecular complexity index is 1070. The molecular weight excluding hydrogens is 388 g/mol. The molecule has 1 amide bonds. The smallest absolute Gasteiger partial charge is 0.220 e. The Labute approximate surface area is 173 Å². The number of halogens is 1.